The van der Waals surface area contributed by atoms with Crippen molar-refractivity contribution in [3.05, 3.63) is 6.33 Å². The summed E-state index contributed by atoms with van der Waals surface area (Å²) in [6, 6.07) is -1.93. The van der Waals surface area contributed by atoms with Gasteiger partial charge in [-0.3, -0.25) is 4.79 Å². The molecule has 138 valence electrons. The summed E-state index contributed by atoms with van der Waals surface area (Å²) in [7, 11) is 0. The zero-order valence-electron chi connectivity index (χ0n) is 14.0. The Labute approximate surface area is 143 Å². The number of anilines is 1. The van der Waals surface area contributed by atoms with Crippen LogP contribution < -0.4 is 5.32 Å². The molecular formula is C16H22F3N5O. The Hall–Kier alpha value is -1.80. The van der Waals surface area contributed by atoms with Crippen LogP contribution in [0.4, 0.5) is 19.1 Å². The lowest BCUT2D eigenvalue weighted by Gasteiger charge is -2.40. The number of amides is 1. The molecule has 1 saturated heterocycles. The molecule has 3 heterocycles. The molecule has 1 aromatic rings. The maximum absolute atomic E-state index is 13.4. The van der Waals surface area contributed by atoms with Crippen molar-refractivity contribution in [2.45, 2.75) is 50.9 Å². The van der Waals surface area contributed by atoms with Gasteiger partial charge in [0.25, 0.3) is 0 Å². The number of carbonyl (C=O) groups is 1. The number of nitrogens with zero attached hydrogens (tertiary/aromatic N) is 4. The summed E-state index contributed by atoms with van der Waals surface area (Å²) in [5, 5.41) is 6.84. The predicted molar refractivity (Wildman–Crippen MR) is 83.7 cm³/mol. The number of hydrogen-bond acceptors (Lipinski definition) is 4. The summed E-state index contributed by atoms with van der Waals surface area (Å²) in [5.41, 5.74) is 0. The van der Waals surface area contributed by atoms with Gasteiger partial charge in [0.05, 0.1) is 0 Å². The number of rotatable bonds is 2. The third-order valence-electron chi connectivity index (χ3n) is 5.88. The van der Waals surface area contributed by atoms with Crippen molar-refractivity contribution in [2.24, 2.45) is 17.8 Å². The Morgan fingerprint density at radius 3 is 2.56 bits per heavy atom. The number of nitrogens with one attached hydrogen (secondary N) is 1. The largest absolute Gasteiger partial charge is 0.411 e. The van der Waals surface area contributed by atoms with Gasteiger partial charge >= 0.3 is 6.18 Å². The lowest BCUT2D eigenvalue weighted by Crippen LogP contribution is -2.47. The number of halogens is 3. The molecular weight excluding hydrogens is 335 g/mol. The van der Waals surface area contributed by atoms with Crippen LogP contribution >= 0.6 is 0 Å². The molecule has 0 spiro atoms. The van der Waals surface area contributed by atoms with E-state index in [1.807, 2.05) is 4.90 Å². The quantitative estimate of drug-likeness (QED) is 0.883. The summed E-state index contributed by atoms with van der Waals surface area (Å²) < 4.78 is 41.0. The van der Waals surface area contributed by atoms with Crippen molar-refractivity contribution in [3.63, 3.8) is 0 Å². The third kappa shape index (κ3) is 3.08. The van der Waals surface area contributed by atoms with Gasteiger partial charge < -0.3 is 10.2 Å². The Bertz CT molecular complexity index is 652. The van der Waals surface area contributed by atoms with Crippen LogP contribution in [0.1, 0.15) is 38.6 Å². The van der Waals surface area contributed by atoms with Gasteiger partial charge in [-0.25, -0.2) is 4.68 Å². The summed E-state index contributed by atoms with van der Waals surface area (Å²) in [4.78, 5) is 18.1. The molecule has 1 saturated carbocycles. The highest BCUT2D eigenvalue weighted by atomic mass is 19.4. The van der Waals surface area contributed by atoms with Gasteiger partial charge in [-0.15, -0.1) is 0 Å². The minimum Gasteiger partial charge on any atom is -0.351 e. The van der Waals surface area contributed by atoms with E-state index in [-0.39, 0.29) is 36.2 Å². The van der Waals surface area contributed by atoms with Gasteiger partial charge in [0, 0.05) is 25.0 Å². The second-order valence-electron chi connectivity index (χ2n) is 7.55. The monoisotopic (exact) mass is 357 g/mol. The van der Waals surface area contributed by atoms with Gasteiger partial charge in [-0.05, 0) is 37.5 Å². The number of fused-ring (bicyclic) bond motifs is 1. The van der Waals surface area contributed by atoms with E-state index < -0.39 is 12.2 Å². The van der Waals surface area contributed by atoms with E-state index >= 15 is 0 Å². The van der Waals surface area contributed by atoms with Crippen molar-refractivity contribution >= 4 is 11.9 Å². The second kappa shape index (κ2) is 5.88. The number of aromatic nitrogens is 3. The highest BCUT2D eigenvalue weighted by molar-refractivity contribution is 5.81. The third-order valence-corrected chi connectivity index (χ3v) is 5.88. The molecule has 1 aliphatic carbocycles. The first kappa shape index (κ1) is 16.7. The smallest absolute Gasteiger partial charge is 0.351 e. The molecule has 6 nitrogen and oxygen atoms in total. The lowest BCUT2D eigenvalue weighted by atomic mass is 9.85. The van der Waals surface area contributed by atoms with Crippen molar-refractivity contribution in [3.8, 4) is 0 Å². The molecule has 25 heavy (non-hydrogen) atoms. The molecule has 3 aliphatic rings. The van der Waals surface area contributed by atoms with Gasteiger partial charge in [-0.1, -0.05) is 6.92 Å². The Balaban J connectivity index is 1.41. The first-order valence-electron chi connectivity index (χ1n) is 8.86. The topological polar surface area (TPSA) is 63.1 Å². The highest BCUT2D eigenvalue weighted by Crippen LogP contribution is 2.42. The fourth-order valence-corrected chi connectivity index (χ4v) is 4.15. The minimum absolute atomic E-state index is 0.0435. The van der Waals surface area contributed by atoms with Crippen molar-refractivity contribution in [1.82, 2.24) is 19.7 Å². The molecule has 0 radical (unpaired) electrons. The fourth-order valence-electron chi connectivity index (χ4n) is 4.15. The first-order valence-corrected chi connectivity index (χ1v) is 8.86. The molecule has 4 atom stereocenters. The van der Waals surface area contributed by atoms with Crippen LogP contribution in [-0.4, -0.2) is 50.9 Å². The fraction of sp³-hybridized carbons (Fsp3) is 0.812. The normalized spacial score (nSPS) is 32.9. The zero-order chi connectivity index (χ0) is 17.8. The SMILES string of the molecule is C[C@@H]1C[C@H]1C(=O)N1CCC([C@@H]2C[C@H](C(F)(F)F)n3ncnc3N2)CC1. The lowest BCUT2D eigenvalue weighted by molar-refractivity contribution is -0.174. The average molecular weight is 357 g/mol. The van der Waals surface area contributed by atoms with E-state index in [0.717, 1.165) is 30.3 Å². The van der Waals surface area contributed by atoms with E-state index in [0.29, 0.717) is 19.0 Å². The van der Waals surface area contributed by atoms with Gasteiger partial charge in [-0.2, -0.15) is 23.3 Å². The highest BCUT2D eigenvalue weighted by Gasteiger charge is 2.48. The zero-order valence-corrected chi connectivity index (χ0v) is 14.0. The second-order valence-corrected chi connectivity index (χ2v) is 7.55. The molecule has 0 unspecified atom stereocenters. The molecule has 0 bridgehead atoms. The van der Waals surface area contributed by atoms with Gasteiger partial charge in [0.1, 0.15) is 6.33 Å². The summed E-state index contributed by atoms with van der Waals surface area (Å²) in [6.07, 6.45) is -0.820. The number of hydrogen-bond donors (Lipinski definition) is 1. The Morgan fingerprint density at radius 2 is 1.96 bits per heavy atom. The van der Waals surface area contributed by atoms with Crippen LogP contribution in [0.2, 0.25) is 0 Å². The summed E-state index contributed by atoms with van der Waals surface area (Å²) in [6.45, 7) is 3.34. The van der Waals surface area contributed by atoms with Crippen LogP contribution in [0, 0.1) is 17.8 Å². The molecule has 2 fully saturated rings. The Morgan fingerprint density at radius 1 is 1.28 bits per heavy atom. The summed E-state index contributed by atoms with van der Waals surface area (Å²) >= 11 is 0. The molecule has 1 aromatic heterocycles. The van der Waals surface area contributed by atoms with Crippen LogP contribution in [0.15, 0.2) is 6.33 Å². The number of piperidine rings is 1. The molecule has 2 aliphatic heterocycles. The number of likely N-dealkylation sites (tertiary alicyclic amines) is 1. The first-order chi connectivity index (χ1) is 11.8. The molecule has 4 rings (SSSR count). The minimum atomic E-state index is -4.35. The van der Waals surface area contributed by atoms with E-state index in [2.05, 4.69) is 22.3 Å². The number of alkyl halides is 3. The molecule has 9 heteroatoms. The van der Waals surface area contributed by atoms with E-state index in [1.165, 1.54) is 0 Å². The summed E-state index contributed by atoms with van der Waals surface area (Å²) in [5.74, 6) is 1.15. The number of carbonyl (C=O) groups excluding carboxylic acids is 1. The van der Waals surface area contributed by atoms with Crippen LogP contribution in [-0.2, 0) is 4.79 Å². The molecule has 1 amide bonds. The average Bonchev–Trinajstić information content (AvgIpc) is 3.12. The molecule has 0 aromatic carbocycles. The van der Waals surface area contributed by atoms with E-state index in [9.17, 15) is 18.0 Å². The van der Waals surface area contributed by atoms with E-state index in [4.69, 9.17) is 0 Å². The van der Waals surface area contributed by atoms with Crippen molar-refractivity contribution in [1.29, 1.82) is 0 Å². The Kier molecular flexibility index (Phi) is 3.92. The standard InChI is InChI=1S/C16H22F3N5O/c1-9-6-11(9)14(25)23-4-2-10(3-5-23)12-7-13(16(17,18)19)24-15(22-12)20-8-21-24/h8-13H,2-7H2,1H3,(H,20,21,22)/t9-,11-,12+,13-/m1/s1. The van der Waals surface area contributed by atoms with Crippen molar-refractivity contribution in [2.75, 3.05) is 18.4 Å². The van der Waals surface area contributed by atoms with Gasteiger partial charge in [0.15, 0.2) is 6.04 Å². The van der Waals surface area contributed by atoms with Crippen LogP contribution in [0.3, 0.4) is 0 Å². The van der Waals surface area contributed by atoms with Crippen LogP contribution in [0.25, 0.3) is 0 Å². The van der Waals surface area contributed by atoms with Crippen LogP contribution in [0.5, 0.6) is 0 Å². The molecule has 1 N–H and O–H groups in total. The van der Waals surface area contributed by atoms with Crippen molar-refractivity contribution < 1.29 is 18.0 Å². The van der Waals surface area contributed by atoms with E-state index in [1.54, 1.807) is 0 Å². The predicted octanol–water partition coefficient (Wildman–Crippen LogP) is 2.46. The van der Waals surface area contributed by atoms with Gasteiger partial charge in [0.2, 0.25) is 11.9 Å². The maximum atomic E-state index is 13.4. The maximum Gasteiger partial charge on any atom is 0.411 e.